The standard InChI is InChI=1S/C40H57FN6O7S/c1-8-40(37(50)45-55-39(4)20-21-39)19-15-13-11-9-10-12-14-16-29(42-38(51)46(5)6)36(49)47-24-26(22-30(47)35(48)44-40)54-31-23-32(53-25(2)3)43-33-27(31)17-18-28(41)34(33)52-7/h11,13,17-18,23,25-26,29-30H,8-10,12,14-16,19-22,24H2,1-7H3,(H,42,51)(H,44,48)(H,45,50)/b13-11-/t26-,29+,30+,40+/m1/s1. The number of carbonyl (C=O) groups excluding carboxylic acids is 4. The minimum Gasteiger partial charge on any atom is -0.491 e. The van der Waals surface area contributed by atoms with E-state index in [1.165, 1.54) is 34.9 Å². The molecule has 1 saturated heterocycles. The third-order valence-corrected chi connectivity index (χ3v) is 11.7. The van der Waals surface area contributed by atoms with Gasteiger partial charge in [0.05, 0.1) is 19.8 Å². The zero-order valence-electron chi connectivity index (χ0n) is 33.2. The Hall–Kier alpha value is -4.27. The van der Waals surface area contributed by atoms with Crippen molar-refractivity contribution in [3.8, 4) is 17.4 Å². The fourth-order valence-corrected chi connectivity index (χ4v) is 7.79. The highest BCUT2D eigenvalue weighted by Crippen LogP contribution is 2.46. The number of ether oxygens (including phenoxy) is 3. The lowest BCUT2D eigenvalue weighted by atomic mass is 9.88. The molecule has 302 valence electrons. The fraction of sp³-hybridized carbons (Fsp3) is 0.625. The van der Waals surface area contributed by atoms with Gasteiger partial charge in [0.25, 0.3) is 5.91 Å². The monoisotopic (exact) mass is 784 g/mol. The van der Waals surface area contributed by atoms with Gasteiger partial charge in [0, 0.05) is 36.7 Å². The molecule has 5 amide bonds. The third kappa shape index (κ3) is 10.3. The lowest BCUT2D eigenvalue weighted by molar-refractivity contribution is -0.142. The van der Waals surface area contributed by atoms with Crippen molar-refractivity contribution >= 4 is 46.6 Å². The van der Waals surface area contributed by atoms with Crippen molar-refractivity contribution in [3.05, 3.63) is 36.2 Å². The number of nitrogens with one attached hydrogen (secondary N) is 3. The third-order valence-electron chi connectivity index (χ3n) is 10.5. The van der Waals surface area contributed by atoms with E-state index in [1.54, 1.807) is 26.2 Å². The molecule has 5 rings (SSSR count). The van der Waals surface area contributed by atoms with Crippen molar-refractivity contribution in [3.63, 3.8) is 0 Å². The smallest absolute Gasteiger partial charge is 0.317 e. The van der Waals surface area contributed by atoms with Crippen molar-refractivity contribution in [2.75, 3.05) is 27.7 Å². The van der Waals surface area contributed by atoms with Gasteiger partial charge in [-0.1, -0.05) is 31.9 Å². The van der Waals surface area contributed by atoms with Crippen LogP contribution in [0.5, 0.6) is 17.4 Å². The highest BCUT2D eigenvalue weighted by molar-refractivity contribution is 7.99. The molecule has 0 spiro atoms. The summed E-state index contributed by atoms with van der Waals surface area (Å²) in [5.74, 6) is -1.35. The number of fused-ring (bicyclic) bond motifs is 2. The normalized spacial score (nSPS) is 25.1. The number of urea groups is 1. The molecule has 0 unspecified atom stereocenters. The van der Waals surface area contributed by atoms with Gasteiger partial charge in [-0.05, 0) is 96.2 Å². The van der Waals surface area contributed by atoms with Gasteiger partial charge in [0.15, 0.2) is 11.6 Å². The van der Waals surface area contributed by atoms with Gasteiger partial charge in [0.2, 0.25) is 17.7 Å². The maximum absolute atomic E-state index is 14.9. The Balaban J connectivity index is 1.53. The Morgan fingerprint density at radius 2 is 1.87 bits per heavy atom. The number of nitrogens with zero attached hydrogens (tertiary/aromatic N) is 3. The first kappa shape index (κ1) is 41.9. The first-order valence-electron chi connectivity index (χ1n) is 19.4. The van der Waals surface area contributed by atoms with Crippen LogP contribution in [-0.2, 0) is 14.4 Å². The molecule has 0 radical (unpaired) electrons. The molecule has 2 aromatic rings. The molecule has 55 heavy (non-hydrogen) atoms. The molecule has 15 heteroatoms. The van der Waals surface area contributed by atoms with Gasteiger partial charge in [-0.25, -0.2) is 14.2 Å². The summed E-state index contributed by atoms with van der Waals surface area (Å²) in [6.07, 6.45) is 10.2. The number of amides is 5. The average Bonchev–Trinajstić information content (AvgIpc) is 3.73. The van der Waals surface area contributed by atoms with Gasteiger partial charge in [-0.3, -0.25) is 19.1 Å². The van der Waals surface area contributed by atoms with Crippen molar-refractivity contribution in [2.45, 2.75) is 133 Å². The SMILES string of the molecule is CC[C@@]1(C(=O)NSC2(C)CC2)CC/C=C\CCCCC[C@H](NC(=O)N(C)C)C(=O)N2C[C@H](Oc3cc(OC(C)C)nc4c(OC)c(F)ccc34)C[C@H]2C(=O)N1. The number of methoxy groups -OCH3 is 1. The summed E-state index contributed by atoms with van der Waals surface area (Å²) in [4.78, 5) is 63.6. The number of aromatic nitrogens is 1. The molecule has 3 aliphatic rings. The molecular formula is C40H57FN6O7S. The van der Waals surface area contributed by atoms with E-state index in [4.69, 9.17) is 14.2 Å². The number of carbonyl (C=O) groups is 4. The molecule has 2 aliphatic heterocycles. The van der Waals surface area contributed by atoms with Gasteiger partial charge in [0.1, 0.15) is 35.0 Å². The topological polar surface area (TPSA) is 151 Å². The second-order valence-corrected chi connectivity index (χ2v) is 16.9. The molecule has 13 nitrogen and oxygen atoms in total. The first-order valence-corrected chi connectivity index (χ1v) is 20.2. The van der Waals surface area contributed by atoms with Gasteiger partial charge >= 0.3 is 6.03 Å². The highest BCUT2D eigenvalue weighted by Gasteiger charge is 2.48. The van der Waals surface area contributed by atoms with E-state index in [2.05, 4.69) is 39.4 Å². The van der Waals surface area contributed by atoms with Crippen molar-refractivity contribution in [1.29, 1.82) is 0 Å². The molecule has 1 aromatic heterocycles. The second-order valence-electron chi connectivity index (χ2n) is 15.5. The average molecular weight is 785 g/mol. The summed E-state index contributed by atoms with van der Waals surface area (Å²) >= 11 is 1.39. The molecule has 1 aliphatic carbocycles. The van der Waals surface area contributed by atoms with Crippen LogP contribution in [0.2, 0.25) is 0 Å². The summed E-state index contributed by atoms with van der Waals surface area (Å²) in [7, 11) is 4.56. The van der Waals surface area contributed by atoms with Crippen LogP contribution in [0.25, 0.3) is 10.9 Å². The van der Waals surface area contributed by atoms with Crippen molar-refractivity contribution in [2.24, 2.45) is 0 Å². The van der Waals surface area contributed by atoms with Crippen molar-refractivity contribution in [1.82, 2.24) is 30.1 Å². The molecule has 2 fully saturated rings. The van der Waals surface area contributed by atoms with E-state index in [9.17, 15) is 23.6 Å². The molecule has 1 saturated carbocycles. The number of rotatable bonds is 10. The second kappa shape index (κ2) is 18.1. The van der Waals surface area contributed by atoms with Gasteiger partial charge in [-0.15, -0.1) is 0 Å². The van der Waals surface area contributed by atoms with E-state index in [0.29, 0.717) is 43.2 Å². The quantitative estimate of drug-likeness (QED) is 0.194. The zero-order chi connectivity index (χ0) is 39.9. The molecule has 1 aromatic carbocycles. The Morgan fingerprint density at radius 1 is 1.13 bits per heavy atom. The molecule has 0 bridgehead atoms. The van der Waals surface area contributed by atoms with Crippen LogP contribution in [-0.4, -0.2) is 101 Å². The maximum Gasteiger partial charge on any atom is 0.317 e. The van der Waals surface area contributed by atoms with E-state index >= 15 is 0 Å². The summed E-state index contributed by atoms with van der Waals surface area (Å²) in [5.41, 5.74) is -1.04. The summed E-state index contributed by atoms with van der Waals surface area (Å²) < 4.78 is 35.8. The lowest BCUT2D eigenvalue weighted by Crippen LogP contribution is -2.62. The molecule has 4 atom stereocenters. The summed E-state index contributed by atoms with van der Waals surface area (Å²) in [6, 6.07) is 2.06. The molecular weight excluding hydrogens is 728 g/mol. The summed E-state index contributed by atoms with van der Waals surface area (Å²) in [5, 5.41) is 6.46. The Kier molecular flexibility index (Phi) is 13.8. The number of pyridine rings is 1. The maximum atomic E-state index is 14.9. The fourth-order valence-electron chi connectivity index (χ4n) is 6.95. The Bertz CT molecular complexity index is 1750. The number of benzene rings is 1. The molecule has 3 heterocycles. The van der Waals surface area contributed by atoms with Crippen LogP contribution in [0.3, 0.4) is 0 Å². The zero-order valence-corrected chi connectivity index (χ0v) is 34.0. The van der Waals surface area contributed by atoms with Gasteiger partial charge in [-0.2, -0.15) is 0 Å². The molecule has 3 N–H and O–H groups in total. The minimum atomic E-state index is -1.24. The van der Waals surface area contributed by atoms with Crippen LogP contribution >= 0.6 is 11.9 Å². The Morgan fingerprint density at radius 3 is 2.55 bits per heavy atom. The minimum absolute atomic E-state index is 0.00996. The van der Waals surface area contributed by atoms with Crippen LogP contribution in [0, 0.1) is 5.82 Å². The number of hydrogen-bond acceptors (Lipinski definition) is 9. The number of allylic oxidation sites excluding steroid dienone is 2. The van der Waals surface area contributed by atoms with Gasteiger partial charge < -0.3 is 34.6 Å². The largest absolute Gasteiger partial charge is 0.491 e. The van der Waals surface area contributed by atoms with E-state index in [1.807, 2.05) is 20.8 Å². The van der Waals surface area contributed by atoms with Crippen LogP contribution in [0.4, 0.5) is 9.18 Å². The number of halogens is 1. The summed E-state index contributed by atoms with van der Waals surface area (Å²) in [6.45, 7) is 7.67. The van der Waals surface area contributed by atoms with Crippen LogP contribution in [0.1, 0.15) is 98.3 Å². The predicted molar refractivity (Wildman–Crippen MR) is 211 cm³/mol. The van der Waals surface area contributed by atoms with E-state index < -0.39 is 47.4 Å². The van der Waals surface area contributed by atoms with Crippen LogP contribution < -0.4 is 29.6 Å². The lowest BCUT2D eigenvalue weighted by Gasteiger charge is -2.35. The highest BCUT2D eigenvalue weighted by atomic mass is 32.2. The Labute approximate surface area is 328 Å². The number of hydrogen-bond donors (Lipinski definition) is 3. The van der Waals surface area contributed by atoms with E-state index in [-0.39, 0.29) is 46.9 Å². The first-order chi connectivity index (χ1) is 26.2. The van der Waals surface area contributed by atoms with Crippen LogP contribution in [0.15, 0.2) is 30.4 Å². The van der Waals surface area contributed by atoms with Crippen molar-refractivity contribution < 1.29 is 37.8 Å². The predicted octanol–water partition coefficient (Wildman–Crippen LogP) is 6.04. The van der Waals surface area contributed by atoms with E-state index in [0.717, 1.165) is 32.1 Å².